The molecule has 3 aromatic rings. The van der Waals surface area contributed by atoms with E-state index in [1.54, 1.807) is 12.4 Å². The van der Waals surface area contributed by atoms with E-state index in [9.17, 15) is 0 Å². The highest BCUT2D eigenvalue weighted by molar-refractivity contribution is 5.49. The van der Waals surface area contributed by atoms with Crippen molar-refractivity contribution in [1.82, 2.24) is 25.1 Å². The lowest BCUT2D eigenvalue weighted by Gasteiger charge is -2.37. The van der Waals surface area contributed by atoms with E-state index in [1.807, 2.05) is 43.6 Å². The number of anilines is 1. The number of rotatable bonds is 6. The lowest BCUT2D eigenvalue weighted by molar-refractivity contribution is 0.0304. The number of methoxy groups -OCH3 is 1. The molecule has 0 radical (unpaired) electrons. The van der Waals surface area contributed by atoms with Crippen LogP contribution >= 0.6 is 0 Å². The molecule has 2 fully saturated rings. The van der Waals surface area contributed by atoms with Gasteiger partial charge in [0.25, 0.3) is 0 Å². The summed E-state index contributed by atoms with van der Waals surface area (Å²) in [6, 6.07) is 10.0. The monoisotopic (exact) mass is 406 g/mol. The van der Waals surface area contributed by atoms with Crippen molar-refractivity contribution < 1.29 is 9.15 Å². The van der Waals surface area contributed by atoms with Crippen LogP contribution in [0.1, 0.15) is 18.7 Å². The Morgan fingerprint density at radius 2 is 2.00 bits per heavy atom. The van der Waals surface area contributed by atoms with Gasteiger partial charge in [-0.05, 0) is 48.9 Å². The number of hydrogen-bond acceptors (Lipinski definition) is 8. The molecule has 5 rings (SSSR count). The van der Waals surface area contributed by atoms with Crippen LogP contribution in [0.25, 0.3) is 11.5 Å². The SMILES string of the molecule is CO[C@@H]1C[C@H]2CN(Cc3nnc(-c4cccnc4)o3)C[C@H]2C[C@H]1Nc1ccccn1. The smallest absolute Gasteiger partial charge is 0.249 e. The van der Waals surface area contributed by atoms with Gasteiger partial charge >= 0.3 is 0 Å². The van der Waals surface area contributed by atoms with Crippen molar-refractivity contribution in [2.45, 2.75) is 31.5 Å². The first kappa shape index (κ1) is 19.1. The van der Waals surface area contributed by atoms with Crippen LogP contribution in [0, 0.1) is 11.8 Å². The van der Waals surface area contributed by atoms with Gasteiger partial charge < -0.3 is 14.5 Å². The Bertz CT molecular complexity index is 951. The zero-order chi connectivity index (χ0) is 20.3. The van der Waals surface area contributed by atoms with Gasteiger partial charge in [-0.2, -0.15) is 0 Å². The van der Waals surface area contributed by atoms with Crippen LogP contribution in [0.5, 0.6) is 0 Å². The molecular weight excluding hydrogens is 380 g/mol. The van der Waals surface area contributed by atoms with Crippen LogP contribution in [-0.4, -0.2) is 57.4 Å². The van der Waals surface area contributed by atoms with Crippen LogP contribution in [0.2, 0.25) is 0 Å². The second kappa shape index (κ2) is 8.49. The molecule has 4 atom stereocenters. The molecule has 0 bridgehead atoms. The number of fused-ring (bicyclic) bond motifs is 1. The van der Waals surface area contributed by atoms with Crippen molar-refractivity contribution in [1.29, 1.82) is 0 Å². The summed E-state index contributed by atoms with van der Waals surface area (Å²) in [6.45, 7) is 2.74. The van der Waals surface area contributed by atoms with E-state index in [0.717, 1.165) is 37.3 Å². The van der Waals surface area contributed by atoms with Crippen molar-refractivity contribution in [3.63, 3.8) is 0 Å². The molecule has 1 aliphatic heterocycles. The number of nitrogens with zero attached hydrogens (tertiary/aromatic N) is 5. The molecule has 8 heteroatoms. The average molecular weight is 406 g/mol. The van der Waals surface area contributed by atoms with Gasteiger partial charge in [-0.3, -0.25) is 9.88 Å². The molecule has 30 heavy (non-hydrogen) atoms. The lowest BCUT2D eigenvalue weighted by Crippen LogP contribution is -2.44. The third-order valence-corrected chi connectivity index (χ3v) is 6.23. The molecule has 156 valence electrons. The van der Waals surface area contributed by atoms with Crippen LogP contribution in [0.15, 0.2) is 53.3 Å². The summed E-state index contributed by atoms with van der Waals surface area (Å²) >= 11 is 0. The maximum Gasteiger partial charge on any atom is 0.249 e. The van der Waals surface area contributed by atoms with Crippen molar-refractivity contribution >= 4 is 5.82 Å². The highest BCUT2D eigenvalue weighted by Gasteiger charge is 2.42. The molecule has 1 saturated heterocycles. The Labute approximate surface area is 175 Å². The van der Waals surface area contributed by atoms with Gasteiger partial charge in [-0.1, -0.05) is 6.07 Å². The summed E-state index contributed by atoms with van der Waals surface area (Å²) in [5, 5.41) is 12.0. The number of nitrogens with one attached hydrogen (secondary N) is 1. The molecule has 0 spiro atoms. The van der Waals surface area contributed by atoms with E-state index in [4.69, 9.17) is 9.15 Å². The number of hydrogen-bond donors (Lipinski definition) is 1. The zero-order valence-electron chi connectivity index (χ0n) is 17.0. The van der Waals surface area contributed by atoms with Gasteiger partial charge in [-0.25, -0.2) is 4.98 Å². The lowest BCUT2D eigenvalue weighted by atomic mass is 9.77. The third kappa shape index (κ3) is 4.06. The van der Waals surface area contributed by atoms with E-state index in [-0.39, 0.29) is 12.1 Å². The molecule has 1 aliphatic carbocycles. The predicted octanol–water partition coefficient (Wildman–Crippen LogP) is 2.86. The molecule has 0 amide bonds. The normalized spacial score (nSPS) is 26.4. The molecule has 1 N–H and O–H groups in total. The minimum atomic E-state index is 0.189. The minimum Gasteiger partial charge on any atom is -0.419 e. The number of ether oxygens (including phenoxy) is 1. The first-order valence-electron chi connectivity index (χ1n) is 10.4. The molecule has 8 nitrogen and oxygen atoms in total. The number of likely N-dealkylation sites (tertiary alicyclic amines) is 1. The maximum absolute atomic E-state index is 5.88. The van der Waals surface area contributed by atoms with Gasteiger partial charge in [0.1, 0.15) is 5.82 Å². The average Bonchev–Trinajstić information content (AvgIpc) is 3.41. The van der Waals surface area contributed by atoms with Crippen molar-refractivity contribution in [2.75, 3.05) is 25.5 Å². The summed E-state index contributed by atoms with van der Waals surface area (Å²) in [5.41, 5.74) is 0.845. The third-order valence-electron chi connectivity index (χ3n) is 6.23. The topological polar surface area (TPSA) is 89.2 Å². The maximum atomic E-state index is 5.88. The van der Waals surface area contributed by atoms with Gasteiger partial charge in [0.2, 0.25) is 11.8 Å². The Morgan fingerprint density at radius 3 is 2.77 bits per heavy atom. The molecule has 1 saturated carbocycles. The molecule has 2 aliphatic rings. The van der Waals surface area contributed by atoms with Crippen LogP contribution in [0.4, 0.5) is 5.82 Å². The fourth-order valence-electron chi connectivity index (χ4n) is 4.80. The second-order valence-electron chi connectivity index (χ2n) is 8.17. The summed E-state index contributed by atoms with van der Waals surface area (Å²) in [7, 11) is 1.81. The van der Waals surface area contributed by atoms with Gasteiger partial charge in [0.15, 0.2) is 0 Å². The highest BCUT2D eigenvalue weighted by Crippen LogP contribution is 2.38. The molecule has 0 aromatic carbocycles. The van der Waals surface area contributed by atoms with Crippen LogP contribution in [0.3, 0.4) is 0 Å². The van der Waals surface area contributed by atoms with E-state index in [1.165, 1.54) is 0 Å². The van der Waals surface area contributed by atoms with Crippen LogP contribution < -0.4 is 5.32 Å². The Morgan fingerprint density at radius 1 is 1.10 bits per heavy atom. The summed E-state index contributed by atoms with van der Waals surface area (Å²) < 4.78 is 11.7. The molecule has 3 aromatic heterocycles. The first-order valence-corrected chi connectivity index (χ1v) is 10.4. The number of aromatic nitrogens is 4. The number of pyridine rings is 2. The molecular formula is C22H26N6O2. The fourth-order valence-corrected chi connectivity index (χ4v) is 4.80. The second-order valence-corrected chi connectivity index (χ2v) is 8.17. The summed E-state index contributed by atoms with van der Waals surface area (Å²) in [5.74, 6) is 3.33. The van der Waals surface area contributed by atoms with E-state index < -0.39 is 0 Å². The predicted molar refractivity (Wildman–Crippen MR) is 111 cm³/mol. The van der Waals surface area contributed by atoms with Crippen molar-refractivity contribution in [3.05, 3.63) is 54.8 Å². The van der Waals surface area contributed by atoms with Crippen LogP contribution in [-0.2, 0) is 11.3 Å². The largest absolute Gasteiger partial charge is 0.419 e. The van der Waals surface area contributed by atoms with Gasteiger partial charge in [0, 0.05) is 38.8 Å². The summed E-state index contributed by atoms with van der Waals surface area (Å²) in [6.07, 6.45) is 7.59. The Hall–Kier alpha value is -2.84. The summed E-state index contributed by atoms with van der Waals surface area (Å²) in [4.78, 5) is 11.0. The van der Waals surface area contributed by atoms with E-state index in [2.05, 4.69) is 30.4 Å². The Balaban J connectivity index is 1.22. The van der Waals surface area contributed by atoms with Crippen molar-refractivity contribution in [3.8, 4) is 11.5 Å². The standard InChI is InChI=1S/C22H26N6O2/c1-29-19-10-17-13-28(12-16(17)9-18(19)25-20-6-2-3-8-24-20)14-21-26-27-22(30-21)15-5-4-7-23-11-15/h2-8,11,16-19H,9-10,12-14H2,1H3,(H,24,25)/t16-,17+,18-,19-/m1/s1. The van der Waals surface area contributed by atoms with Crippen molar-refractivity contribution in [2.24, 2.45) is 11.8 Å². The zero-order valence-corrected chi connectivity index (χ0v) is 17.0. The first-order chi connectivity index (χ1) is 14.8. The van der Waals surface area contributed by atoms with Gasteiger partial charge in [-0.15, -0.1) is 10.2 Å². The highest BCUT2D eigenvalue weighted by atomic mass is 16.5. The minimum absolute atomic E-state index is 0.189. The van der Waals surface area contributed by atoms with Gasteiger partial charge in [0.05, 0.1) is 24.3 Å². The van der Waals surface area contributed by atoms with E-state index >= 15 is 0 Å². The van der Waals surface area contributed by atoms with E-state index in [0.29, 0.717) is 30.2 Å². The Kier molecular flexibility index (Phi) is 5.42. The molecule has 4 heterocycles. The fraction of sp³-hybridized carbons (Fsp3) is 0.455. The quantitative estimate of drug-likeness (QED) is 0.668. The molecule has 0 unspecified atom stereocenters.